The van der Waals surface area contributed by atoms with Crippen molar-refractivity contribution in [3.05, 3.63) is 53.1 Å². The molecule has 0 aromatic heterocycles. The third-order valence-corrected chi connectivity index (χ3v) is 2.91. The Morgan fingerprint density at radius 2 is 2.00 bits per heavy atom. The van der Waals surface area contributed by atoms with Gasteiger partial charge in [-0.25, -0.2) is 0 Å². The molecule has 0 radical (unpaired) electrons. The summed E-state index contributed by atoms with van der Waals surface area (Å²) < 4.78 is 5.46. The second-order valence-corrected chi connectivity index (χ2v) is 4.50. The minimum Gasteiger partial charge on any atom is -0.492 e. The Labute approximate surface area is 122 Å². The molecule has 2 aromatic rings. The summed E-state index contributed by atoms with van der Waals surface area (Å²) in [4.78, 5) is 0. The zero-order valence-corrected chi connectivity index (χ0v) is 11.5. The fourth-order valence-corrected chi connectivity index (χ4v) is 1.91. The lowest BCUT2D eigenvalue weighted by atomic mass is 10.2. The van der Waals surface area contributed by atoms with Crippen LogP contribution in [-0.4, -0.2) is 13.2 Å². The molecule has 0 bridgehead atoms. The second-order valence-electron chi connectivity index (χ2n) is 4.10. The van der Waals surface area contributed by atoms with Gasteiger partial charge in [-0.2, -0.15) is 5.26 Å². The van der Waals surface area contributed by atoms with Gasteiger partial charge in [0.2, 0.25) is 0 Å². The molecular weight excluding hydrogens is 274 g/mol. The minimum atomic E-state index is 0.424. The van der Waals surface area contributed by atoms with E-state index >= 15 is 0 Å². The van der Waals surface area contributed by atoms with Crippen molar-refractivity contribution in [3.8, 4) is 11.8 Å². The van der Waals surface area contributed by atoms with E-state index in [2.05, 4.69) is 5.32 Å². The summed E-state index contributed by atoms with van der Waals surface area (Å²) >= 11 is 5.99. The van der Waals surface area contributed by atoms with Crippen LogP contribution in [0.4, 0.5) is 11.4 Å². The number of rotatable bonds is 5. The molecule has 0 heterocycles. The van der Waals surface area contributed by atoms with E-state index in [1.54, 1.807) is 18.2 Å². The van der Waals surface area contributed by atoms with Gasteiger partial charge in [-0.1, -0.05) is 17.7 Å². The van der Waals surface area contributed by atoms with Crippen molar-refractivity contribution in [1.82, 2.24) is 0 Å². The third-order valence-electron chi connectivity index (χ3n) is 2.60. The number of ether oxygens (including phenoxy) is 1. The largest absolute Gasteiger partial charge is 0.492 e. The van der Waals surface area contributed by atoms with Crippen LogP contribution in [0.15, 0.2) is 42.5 Å². The van der Waals surface area contributed by atoms with Crippen LogP contribution < -0.4 is 15.8 Å². The fraction of sp³-hybridized carbons (Fsp3) is 0.133. The first-order chi connectivity index (χ1) is 9.72. The van der Waals surface area contributed by atoms with Crippen molar-refractivity contribution in [3.63, 3.8) is 0 Å². The van der Waals surface area contributed by atoms with Crippen LogP contribution in [-0.2, 0) is 0 Å². The van der Waals surface area contributed by atoms with Crippen LogP contribution in [0.25, 0.3) is 0 Å². The molecule has 0 saturated heterocycles. The Morgan fingerprint density at radius 3 is 2.70 bits per heavy atom. The first-order valence-corrected chi connectivity index (χ1v) is 6.50. The lowest BCUT2D eigenvalue weighted by molar-refractivity contribution is 0.328. The maximum Gasteiger partial charge on any atom is 0.121 e. The van der Waals surface area contributed by atoms with Crippen molar-refractivity contribution < 1.29 is 4.74 Å². The fourth-order valence-electron chi connectivity index (χ4n) is 1.69. The highest BCUT2D eigenvalue weighted by Gasteiger charge is 2.02. The smallest absolute Gasteiger partial charge is 0.121 e. The van der Waals surface area contributed by atoms with E-state index < -0.39 is 0 Å². The molecular formula is C15H14ClN3O. The standard InChI is InChI=1S/C15H14ClN3O/c16-15-9-13(5-4-11(15)10-18)19-12-2-1-3-14(8-12)20-7-6-17/h1-5,8-9,19H,6-7,17H2. The number of halogens is 1. The van der Waals surface area contributed by atoms with Crippen LogP contribution in [0.5, 0.6) is 5.75 Å². The molecule has 0 atom stereocenters. The van der Waals surface area contributed by atoms with Gasteiger partial charge in [0.15, 0.2) is 0 Å². The molecule has 4 nitrogen and oxygen atoms in total. The average Bonchev–Trinajstić information content (AvgIpc) is 2.46. The van der Waals surface area contributed by atoms with E-state index in [4.69, 9.17) is 27.3 Å². The SMILES string of the molecule is N#Cc1ccc(Nc2cccc(OCCN)c2)cc1Cl. The molecule has 2 rings (SSSR count). The number of nitriles is 1. The van der Waals surface area contributed by atoms with Crippen molar-refractivity contribution >= 4 is 23.0 Å². The van der Waals surface area contributed by atoms with E-state index in [9.17, 15) is 0 Å². The van der Waals surface area contributed by atoms with Gasteiger partial charge in [0.05, 0.1) is 10.6 Å². The van der Waals surface area contributed by atoms with Gasteiger partial charge in [0.25, 0.3) is 0 Å². The quantitative estimate of drug-likeness (QED) is 0.885. The third kappa shape index (κ3) is 3.64. The number of benzene rings is 2. The molecule has 0 fully saturated rings. The summed E-state index contributed by atoms with van der Waals surface area (Å²) in [5.74, 6) is 0.750. The van der Waals surface area contributed by atoms with Crippen molar-refractivity contribution in [1.29, 1.82) is 5.26 Å². The number of nitrogens with zero attached hydrogens (tertiary/aromatic N) is 1. The maximum atomic E-state index is 8.84. The van der Waals surface area contributed by atoms with Gasteiger partial charge in [-0.15, -0.1) is 0 Å². The predicted octanol–water partition coefficient (Wildman–Crippen LogP) is 3.29. The molecule has 102 valence electrons. The summed E-state index contributed by atoms with van der Waals surface area (Å²) in [5.41, 5.74) is 7.54. The van der Waals surface area contributed by atoms with Gasteiger partial charge in [0.1, 0.15) is 18.4 Å². The Balaban J connectivity index is 2.13. The topological polar surface area (TPSA) is 71.1 Å². The molecule has 5 heteroatoms. The first kappa shape index (κ1) is 14.2. The molecule has 3 N–H and O–H groups in total. The van der Waals surface area contributed by atoms with Crippen molar-refractivity contribution in [2.24, 2.45) is 5.73 Å². The molecule has 0 aliphatic rings. The molecule has 0 unspecified atom stereocenters. The Hall–Kier alpha value is -2.22. The number of hydrogen-bond acceptors (Lipinski definition) is 4. The van der Waals surface area contributed by atoms with E-state index in [-0.39, 0.29) is 0 Å². The monoisotopic (exact) mass is 287 g/mol. The van der Waals surface area contributed by atoms with Crippen molar-refractivity contribution in [2.45, 2.75) is 0 Å². The molecule has 0 aliphatic carbocycles. The predicted molar refractivity (Wildman–Crippen MR) is 80.4 cm³/mol. The van der Waals surface area contributed by atoms with Crippen LogP contribution >= 0.6 is 11.6 Å². The van der Waals surface area contributed by atoms with Crippen LogP contribution in [0.1, 0.15) is 5.56 Å². The van der Waals surface area contributed by atoms with Gasteiger partial charge in [0, 0.05) is 24.0 Å². The summed E-state index contributed by atoms with van der Waals surface area (Å²) in [7, 11) is 0. The molecule has 0 spiro atoms. The maximum absolute atomic E-state index is 8.84. The summed E-state index contributed by atoms with van der Waals surface area (Å²) in [5, 5.41) is 12.5. The van der Waals surface area contributed by atoms with Gasteiger partial charge >= 0.3 is 0 Å². The summed E-state index contributed by atoms with van der Waals surface area (Å²) in [6.07, 6.45) is 0. The molecule has 0 amide bonds. The highest BCUT2D eigenvalue weighted by atomic mass is 35.5. The highest BCUT2D eigenvalue weighted by Crippen LogP contribution is 2.25. The zero-order chi connectivity index (χ0) is 14.4. The number of nitrogens with two attached hydrogens (primary N) is 1. The lowest BCUT2D eigenvalue weighted by Gasteiger charge is -2.10. The first-order valence-electron chi connectivity index (χ1n) is 6.12. The molecule has 2 aromatic carbocycles. The van der Waals surface area contributed by atoms with E-state index in [1.165, 1.54) is 0 Å². The van der Waals surface area contributed by atoms with E-state index in [0.717, 1.165) is 17.1 Å². The molecule has 0 saturated carbocycles. The van der Waals surface area contributed by atoms with Gasteiger partial charge < -0.3 is 15.8 Å². The average molecular weight is 288 g/mol. The van der Waals surface area contributed by atoms with Crippen LogP contribution in [0.3, 0.4) is 0 Å². The van der Waals surface area contributed by atoms with Crippen molar-refractivity contribution in [2.75, 3.05) is 18.5 Å². The van der Waals surface area contributed by atoms with Gasteiger partial charge in [-0.3, -0.25) is 0 Å². The summed E-state index contributed by atoms with van der Waals surface area (Å²) in [6.45, 7) is 0.953. The normalized spacial score (nSPS) is 9.85. The number of hydrogen-bond donors (Lipinski definition) is 2. The highest BCUT2D eigenvalue weighted by molar-refractivity contribution is 6.32. The number of anilines is 2. The molecule has 20 heavy (non-hydrogen) atoms. The van der Waals surface area contributed by atoms with Crippen LogP contribution in [0.2, 0.25) is 5.02 Å². The zero-order valence-electron chi connectivity index (χ0n) is 10.8. The van der Waals surface area contributed by atoms with Crippen LogP contribution in [0, 0.1) is 11.3 Å². The van der Waals surface area contributed by atoms with Gasteiger partial charge in [-0.05, 0) is 30.3 Å². The summed E-state index contributed by atoms with van der Waals surface area (Å²) in [6, 6.07) is 14.8. The number of nitrogens with one attached hydrogen (secondary N) is 1. The van der Waals surface area contributed by atoms with E-state index in [0.29, 0.717) is 23.7 Å². The Morgan fingerprint density at radius 1 is 1.20 bits per heavy atom. The molecule has 0 aliphatic heterocycles. The Bertz CT molecular complexity index is 637. The lowest BCUT2D eigenvalue weighted by Crippen LogP contribution is -2.10. The Kier molecular flexibility index (Phi) is 4.83. The van der Waals surface area contributed by atoms with E-state index in [1.807, 2.05) is 30.3 Å². The second kappa shape index (κ2) is 6.80. The minimum absolute atomic E-state index is 0.424.